The van der Waals surface area contributed by atoms with E-state index in [4.69, 9.17) is 10.6 Å². The highest BCUT2D eigenvalue weighted by Crippen LogP contribution is 2.14. The van der Waals surface area contributed by atoms with Crippen LogP contribution in [-0.2, 0) is 15.5 Å². The number of anilines is 3. The Bertz CT molecular complexity index is 495. The number of nitrogen functional groups attached to an aromatic ring is 1. The Labute approximate surface area is 126 Å². The SMILES string of the molecule is CC(CNc1nc(NN)nc(N2CCOCC2)n1)S(C)=O. The van der Waals surface area contributed by atoms with E-state index in [0.717, 1.165) is 13.1 Å². The van der Waals surface area contributed by atoms with Crippen molar-refractivity contribution in [1.29, 1.82) is 0 Å². The lowest BCUT2D eigenvalue weighted by Crippen LogP contribution is -2.37. The van der Waals surface area contributed by atoms with Gasteiger partial charge < -0.3 is 15.0 Å². The summed E-state index contributed by atoms with van der Waals surface area (Å²) in [6.07, 6.45) is 1.67. The molecular formula is C11H21N7O2S. The summed E-state index contributed by atoms with van der Waals surface area (Å²) in [5.74, 6) is 6.65. The summed E-state index contributed by atoms with van der Waals surface area (Å²) >= 11 is 0. The van der Waals surface area contributed by atoms with Crippen LogP contribution in [0.25, 0.3) is 0 Å². The van der Waals surface area contributed by atoms with Crippen molar-refractivity contribution in [3.63, 3.8) is 0 Å². The minimum atomic E-state index is -0.902. The van der Waals surface area contributed by atoms with E-state index in [2.05, 4.69) is 25.7 Å². The van der Waals surface area contributed by atoms with Crippen molar-refractivity contribution >= 4 is 28.6 Å². The number of hydrazine groups is 1. The number of hydrogen-bond acceptors (Lipinski definition) is 9. The van der Waals surface area contributed by atoms with Crippen molar-refractivity contribution in [2.24, 2.45) is 5.84 Å². The first-order valence-electron chi connectivity index (χ1n) is 6.71. The van der Waals surface area contributed by atoms with Crippen molar-refractivity contribution in [2.75, 3.05) is 54.7 Å². The van der Waals surface area contributed by atoms with E-state index < -0.39 is 10.8 Å². The van der Waals surface area contributed by atoms with Gasteiger partial charge in [0.25, 0.3) is 0 Å². The van der Waals surface area contributed by atoms with Crippen LogP contribution in [0, 0.1) is 0 Å². The number of nitrogens with zero attached hydrogens (tertiary/aromatic N) is 4. The van der Waals surface area contributed by atoms with E-state index in [1.165, 1.54) is 0 Å². The topological polar surface area (TPSA) is 118 Å². The van der Waals surface area contributed by atoms with Crippen molar-refractivity contribution in [1.82, 2.24) is 15.0 Å². The number of rotatable bonds is 6. The third-order valence-electron chi connectivity index (χ3n) is 3.16. The largest absolute Gasteiger partial charge is 0.378 e. The molecule has 9 nitrogen and oxygen atoms in total. The summed E-state index contributed by atoms with van der Waals surface area (Å²) in [5.41, 5.74) is 2.44. The fraction of sp³-hybridized carbons (Fsp3) is 0.727. The molecular weight excluding hydrogens is 294 g/mol. The number of aromatic nitrogens is 3. The lowest BCUT2D eigenvalue weighted by atomic mass is 10.4. The Morgan fingerprint density at radius 2 is 2.00 bits per heavy atom. The highest BCUT2D eigenvalue weighted by Gasteiger charge is 2.16. The molecule has 0 aromatic carbocycles. The first-order chi connectivity index (χ1) is 10.1. The Morgan fingerprint density at radius 3 is 2.62 bits per heavy atom. The zero-order chi connectivity index (χ0) is 15.2. The summed E-state index contributed by atoms with van der Waals surface area (Å²) in [7, 11) is -0.902. The van der Waals surface area contributed by atoms with Gasteiger partial charge in [0.2, 0.25) is 17.8 Å². The van der Waals surface area contributed by atoms with Gasteiger partial charge in [0, 0.05) is 41.9 Å². The monoisotopic (exact) mass is 315 g/mol. The summed E-state index contributed by atoms with van der Waals surface area (Å²) in [4.78, 5) is 14.8. The van der Waals surface area contributed by atoms with Crippen LogP contribution in [0.2, 0.25) is 0 Å². The standard InChI is InChI=1S/C11H21N7O2S/c1-8(21(2)19)7-13-9-14-10(17-12)16-11(15-9)18-3-5-20-6-4-18/h8H,3-7,12H2,1-2H3,(H2,13,14,15,16,17). The maximum atomic E-state index is 11.4. The van der Waals surface area contributed by atoms with Crippen molar-refractivity contribution < 1.29 is 8.95 Å². The molecule has 21 heavy (non-hydrogen) atoms. The summed E-state index contributed by atoms with van der Waals surface area (Å²) < 4.78 is 16.7. The van der Waals surface area contributed by atoms with Crippen molar-refractivity contribution in [3.05, 3.63) is 0 Å². The van der Waals surface area contributed by atoms with Gasteiger partial charge in [-0.2, -0.15) is 15.0 Å². The zero-order valence-electron chi connectivity index (χ0n) is 12.2. The average molecular weight is 315 g/mol. The molecule has 1 fully saturated rings. The van der Waals surface area contributed by atoms with Gasteiger partial charge in [0.1, 0.15) is 0 Å². The third-order valence-corrected chi connectivity index (χ3v) is 4.46. The Hall–Kier alpha value is -1.52. The third kappa shape index (κ3) is 4.48. The first kappa shape index (κ1) is 15.9. The second-order valence-corrected chi connectivity index (χ2v) is 6.52. The van der Waals surface area contributed by atoms with Crippen LogP contribution in [-0.4, -0.2) is 63.5 Å². The van der Waals surface area contributed by atoms with Crippen LogP contribution in [0.5, 0.6) is 0 Å². The van der Waals surface area contributed by atoms with Gasteiger partial charge in [0.05, 0.1) is 13.2 Å². The van der Waals surface area contributed by atoms with Crippen LogP contribution in [0.15, 0.2) is 0 Å². The van der Waals surface area contributed by atoms with Gasteiger partial charge in [-0.15, -0.1) is 0 Å². The molecule has 2 heterocycles. The summed E-state index contributed by atoms with van der Waals surface area (Å²) in [5, 5.41) is 3.07. The molecule has 0 spiro atoms. The van der Waals surface area contributed by atoms with Gasteiger partial charge in [-0.1, -0.05) is 0 Å². The van der Waals surface area contributed by atoms with Gasteiger partial charge in [-0.25, -0.2) is 5.84 Å². The van der Waals surface area contributed by atoms with Gasteiger partial charge >= 0.3 is 0 Å². The van der Waals surface area contributed by atoms with E-state index in [9.17, 15) is 4.21 Å². The fourth-order valence-corrected chi connectivity index (χ4v) is 2.08. The quantitative estimate of drug-likeness (QED) is 0.456. The average Bonchev–Trinajstić information content (AvgIpc) is 2.52. The second-order valence-electron chi connectivity index (χ2n) is 4.72. The first-order valence-corrected chi connectivity index (χ1v) is 8.33. The molecule has 2 rings (SSSR count). The lowest BCUT2D eigenvalue weighted by Gasteiger charge is -2.27. The molecule has 1 aliphatic rings. The number of ether oxygens (including phenoxy) is 1. The number of nitrogens with one attached hydrogen (secondary N) is 2. The Morgan fingerprint density at radius 1 is 1.33 bits per heavy atom. The van der Waals surface area contributed by atoms with E-state index in [0.29, 0.717) is 37.6 Å². The van der Waals surface area contributed by atoms with Gasteiger partial charge in [-0.3, -0.25) is 9.63 Å². The number of nitrogens with two attached hydrogens (primary N) is 1. The van der Waals surface area contributed by atoms with Crippen LogP contribution < -0.4 is 21.5 Å². The molecule has 1 aromatic rings. The highest BCUT2D eigenvalue weighted by atomic mass is 32.2. The highest BCUT2D eigenvalue weighted by molar-refractivity contribution is 7.84. The summed E-state index contributed by atoms with van der Waals surface area (Å²) in [6.45, 7) is 5.15. The number of hydrogen-bond donors (Lipinski definition) is 3. The molecule has 0 bridgehead atoms. The van der Waals surface area contributed by atoms with Gasteiger partial charge in [-0.05, 0) is 6.92 Å². The van der Waals surface area contributed by atoms with Crippen LogP contribution >= 0.6 is 0 Å². The second kappa shape index (κ2) is 7.48. The lowest BCUT2D eigenvalue weighted by molar-refractivity contribution is 0.122. The molecule has 1 aromatic heterocycles. The molecule has 0 amide bonds. The smallest absolute Gasteiger partial charge is 0.243 e. The zero-order valence-corrected chi connectivity index (χ0v) is 13.0. The molecule has 0 saturated carbocycles. The molecule has 0 radical (unpaired) electrons. The van der Waals surface area contributed by atoms with Crippen LogP contribution in [0.4, 0.5) is 17.8 Å². The maximum absolute atomic E-state index is 11.4. The molecule has 118 valence electrons. The van der Waals surface area contributed by atoms with Crippen LogP contribution in [0.1, 0.15) is 6.92 Å². The van der Waals surface area contributed by atoms with E-state index in [-0.39, 0.29) is 5.25 Å². The Kier molecular flexibility index (Phi) is 5.65. The molecule has 0 aliphatic carbocycles. The molecule has 1 aliphatic heterocycles. The minimum absolute atomic E-state index is 0.00267. The van der Waals surface area contributed by atoms with Gasteiger partial charge in [0.15, 0.2) is 0 Å². The predicted molar refractivity (Wildman–Crippen MR) is 82.7 cm³/mol. The van der Waals surface area contributed by atoms with Crippen molar-refractivity contribution in [2.45, 2.75) is 12.2 Å². The van der Waals surface area contributed by atoms with Crippen molar-refractivity contribution in [3.8, 4) is 0 Å². The normalized spacial score (nSPS) is 18.1. The van der Waals surface area contributed by atoms with Crippen LogP contribution in [0.3, 0.4) is 0 Å². The molecule has 10 heteroatoms. The van der Waals surface area contributed by atoms with E-state index in [1.54, 1.807) is 6.26 Å². The summed E-state index contributed by atoms with van der Waals surface area (Å²) in [6, 6.07) is 0. The fourth-order valence-electron chi connectivity index (χ4n) is 1.77. The molecule has 4 N–H and O–H groups in total. The predicted octanol–water partition coefficient (Wildman–Crippen LogP) is -0.827. The molecule has 2 atom stereocenters. The maximum Gasteiger partial charge on any atom is 0.243 e. The minimum Gasteiger partial charge on any atom is -0.378 e. The van der Waals surface area contributed by atoms with E-state index >= 15 is 0 Å². The molecule has 1 saturated heterocycles. The number of morpholine rings is 1. The van der Waals surface area contributed by atoms with E-state index in [1.807, 2.05) is 11.8 Å². The molecule has 2 unspecified atom stereocenters. The Balaban J connectivity index is 2.11.